The minimum Gasteiger partial charge on any atom is -0.482 e. The van der Waals surface area contributed by atoms with Crippen LogP contribution in [-0.4, -0.2) is 57.3 Å². The monoisotopic (exact) mass is 388 g/mol. The maximum Gasteiger partial charge on any atom is 0.262 e. The third-order valence-corrected chi connectivity index (χ3v) is 6.95. The van der Waals surface area contributed by atoms with Crippen molar-refractivity contribution in [3.05, 3.63) is 17.2 Å². The summed E-state index contributed by atoms with van der Waals surface area (Å²) in [7, 11) is -3.79. The van der Waals surface area contributed by atoms with Gasteiger partial charge in [0.1, 0.15) is 10.6 Å². The number of hydrogen-bond acceptors (Lipinski definition) is 6. The molecule has 25 heavy (non-hydrogen) atoms. The number of benzene rings is 1. The van der Waals surface area contributed by atoms with Crippen LogP contribution in [0.25, 0.3) is 0 Å². The average Bonchev–Trinajstić information content (AvgIpc) is 3.02. The molecule has 3 heterocycles. The number of rotatable bonds is 2. The number of amides is 1. The Kier molecular flexibility index (Phi) is 4.16. The number of halogens is 1. The molecule has 136 valence electrons. The first-order valence-corrected chi connectivity index (χ1v) is 9.76. The van der Waals surface area contributed by atoms with Gasteiger partial charge < -0.3 is 19.5 Å². The molecular formula is C15H17ClN2O6S. The third kappa shape index (κ3) is 3.00. The fourth-order valence-electron chi connectivity index (χ4n) is 3.27. The van der Waals surface area contributed by atoms with Gasteiger partial charge in [-0.3, -0.25) is 4.79 Å². The molecule has 3 aliphatic rings. The summed E-state index contributed by atoms with van der Waals surface area (Å²) in [5.74, 6) is -0.672. The summed E-state index contributed by atoms with van der Waals surface area (Å²) >= 11 is 6.17. The van der Waals surface area contributed by atoms with E-state index in [1.807, 2.05) is 0 Å². The zero-order valence-electron chi connectivity index (χ0n) is 13.3. The first-order valence-electron chi connectivity index (χ1n) is 7.94. The van der Waals surface area contributed by atoms with Crippen molar-refractivity contribution in [2.45, 2.75) is 23.5 Å². The van der Waals surface area contributed by atoms with Gasteiger partial charge in [-0.1, -0.05) is 11.6 Å². The van der Waals surface area contributed by atoms with Crippen LogP contribution in [0.5, 0.6) is 5.75 Å². The Morgan fingerprint density at radius 1 is 1.16 bits per heavy atom. The molecule has 2 saturated heterocycles. The van der Waals surface area contributed by atoms with E-state index in [-0.39, 0.29) is 35.5 Å². The zero-order valence-corrected chi connectivity index (χ0v) is 14.9. The van der Waals surface area contributed by atoms with Crippen molar-refractivity contribution >= 4 is 33.2 Å². The number of fused-ring (bicyclic) bond motifs is 1. The molecule has 1 spiro atoms. The molecule has 4 rings (SSSR count). The highest BCUT2D eigenvalue weighted by Crippen LogP contribution is 2.39. The summed E-state index contributed by atoms with van der Waals surface area (Å²) < 4.78 is 43.9. The second-order valence-electron chi connectivity index (χ2n) is 6.13. The fourth-order valence-corrected chi connectivity index (χ4v) is 5.23. The molecule has 0 radical (unpaired) electrons. The Hall–Kier alpha value is -1.39. The van der Waals surface area contributed by atoms with Crippen molar-refractivity contribution < 1.29 is 27.4 Å². The van der Waals surface area contributed by atoms with Crippen LogP contribution in [0.4, 0.5) is 5.69 Å². The number of piperidine rings is 1. The zero-order chi connectivity index (χ0) is 17.7. The predicted molar refractivity (Wildman–Crippen MR) is 88.2 cm³/mol. The molecule has 1 aromatic rings. The molecule has 10 heteroatoms. The highest BCUT2D eigenvalue weighted by molar-refractivity contribution is 7.89. The van der Waals surface area contributed by atoms with Crippen LogP contribution in [-0.2, 0) is 24.3 Å². The molecule has 0 aliphatic carbocycles. The van der Waals surface area contributed by atoms with Crippen LogP contribution in [0, 0.1) is 0 Å². The number of hydrogen-bond donors (Lipinski definition) is 1. The Morgan fingerprint density at radius 3 is 2.52 bits per heavy atom. The van der Waals surface area contributed by atoms with E-state index in [9.17, 15) is 13.2 Å². The van der Waals surface area contributed by atoms with Crippen LogP contribution < -0.4 is 10.1 Å². The second-order valence-corrected chi connectivity index (χ2v) is 8.44. The summed E-state index contributed by atoms with van der Waals surface area (Å²) in [5.41, 5.74) is 0.366. The normalized spacial score (nSPS) is 23.2. The molecule has 0 bridgehead atoms. The van der Waals surface area contributed by atoms with E-state index >= 15 is 0 Å². The third-order valence-electron chi connectivity index (χ3n) is 4.58. The molecule has 1 N–H and O–H groups in total. The summed E-state index contributed by atoms with van der Waals surface area (Å²) in [6.45, 7) is 1.48. The quantitative estimate of drug-likeness (QED) is 0.818. The van der Waals surface area contributed by atoms with Gasteiger partial charge in [-0.15, -0.1) is 0 Å². The predicted octanol–water partition coefficient (Wildman–Crippen LogP) is 1.20. The number of carbonyl (C=O) groups is 1. The summed E-state index contributed by atoms with van der Waals surface area (Å²) in [6, 6.07) is 2.76. The molecule has 0 aromatic heterocycles. The van der Waals surface area contributed by atoms with Gasteiger partial charge in [-0.2, -0.15) is 4.31 Å². The first kappa shape index (κ1) is 17.0. The first-order chi connectivity index (χ1) is 11.9. The van der Waals surface area contributed by atoms with Gasteiger partial charge in [0, 0.05) is 32.0 Å². The van der Waals surface area contributed by atoms with E-state index in [4.69, 9.17) is 25.8 Å². The van der Waals surface area contributed by atoms with E-state index in [1.165, 1.54) is 16.4 Å². The van der Waals surface area contributed by atoms with Crippen molar-refractivity contribution in [1.29, 1.82) is 0 Å². The Balaban J connectivity index is 1.59. The number of sulfonamides is 1. The Bertz CT molecular complexity index is 812. The lowest BCUT2D eigenvalue weighted by molar-refractivity contribution is -0.179. The number of anilines is 1. The van der Waals surface area contributed by atoms with Gasteiger partial charge in [0.2, 0.25) is 10.0 Å². The molecule has 0 saturated carbocycles. The highest BCUT2D eigenvalue weighted by Gasteiger charge is 2.43. The van der Waals surface area contributed by atoms with E-state index < -0.39 is 15.8 Å². The van der Waals surface area contributed by atoms with Crippen LogP contribution >= 0.6 is 11.6 Å². The molecule has 3 aliphatic heterocycles. The van der Waals surface area contributed by atoms with Crippen LogP contribution in [0.15, 0.2) is 17.0 Å². The smallest absolute Gasteiger partial charge is 0.262 e. The molecule has 0 unspecified atom stereocenters. The SMILES string of the molecule is O=C1COc2cc(S(=O)(=O)N3CCC4(CC3)OCCO4)c(Cl)cc2N1. The topological polar surface area (TPSA) is 94.2 Å². The lowest BCUT2D eigenvalue weighted by atomic mass is 10.1. The number of nitrogens with zero attached hydrogens (tertiary/aromatic N) is 1. The summed E-state index contributed by atoms with van der Waals surface area (Å²) in [6.07, 6.45) is 0.947. The molecular weight excluding hydrogens is 372 g/mol. The van der Waals surface area contributed by atoms with Gasteiger partial charge in [0.05, 0.1) is 23.9 Å². The van der Waals surface area contributed by atoms with E-state index in [0.717, 1.165) is 0 Å². The number of ether oxygens (including phenoxy) is 3. The summed E-state index contributed by atoms with van der Waals surface area (Å²) in [5, 5.41) is 2.64. The van der Waals surface area contributed by atoms with Crippen molar-refractivity contribution in [2.75, 3.05) is 38.2 Å². The highest BCUT2D eigenvalue weighted by atomic mass is 35.5. The van der Waals surface area contributed by atoms with Gasteiger partial charge in [-0.05, 0) is 6.07 Å². The van der Waals surface area contributed by atoms with E-state index in [2.05, 4.69) is 5.32 Å². The lowest BCUT2D eigenvalue weighted by Crippen LogP contribution is -2.47. The van der Waals surface area contributed by atoms with Crippen molar-refractivity contribution in [2.24, 2.45) is 0 Å². The molecule has 2 fully saturated rings. The van der Waals surface area contributed by atoms with Gasteiger partial charge in [-0.25, -0.2) is 8.42 Å². The Labute approximate surface area is 150 Å². The maximum atomic E-state index is 13.0. The average molecular weight is 389 g/mol. The second kappa shape index (κ2) is 6.10. The van der Waals surface area contributed by atoms with Gasteiger partial charge in [0.25, 0.3) is 5.91 Å². The standard InChI is InChI=1S/C15H17ClN2O6S/c16-10-7-11-12(22-9-14(19)17-11)8-13(10)25(20,21)18-3-1-15(2-4-18)23-5-6-24-15/h7-8H,1-6,9H2,(H,17,19). The minimum atomic E-state index is -3.79. The van der Waals surface area contributed by atoms with Gasteiger partial charge in [0.15, 0.2) is 12.4 Å². The van der Waals surface area contributed by atoms with Crippen LogP contribution in [0.2, 0.25) is 5.02 Å². The minimum absolute atomic E-state index is 0.0340. The molecule has 1 amide bonds. The number of carbonyl (C=O) groups excluding carboxylic acids is 1. The summed E-state index contributed by atoms with van der Waals surface area (Å²) in [4.78, 5) is 11.3. The maximum absolute atomic E-state index is 13.0. The van der Waals surface area contributed by atoms with Gasteiger partial charge >= 0.3 is 0 Å². The van der Waals surface area contributed by atoms with Crippen molar-refractivity contribution in [3.8, 4) is 5.75 Å². The largest absolute Gasteiger partial charge is 0.482 e. The number of nitrogens with one attached hydrogen (secondary N) is 1. The van der Waals surface area contributed by atoms with Crippen LogP contribution in [0.1, 0.15) is 12.8 Å². The molecule has 8 nitrogen and oxygen atoms in total. The molecule has 1 aromatic carbocycles. The van der Waals surface area contributed by atoms with Crippen LogP contribution in [0.3, 0.4) is 0 Å². The Morgan fingerprint density at radius 2 is 1.84 bits per heavy atom. The van der Waals surface area contributed by atoms with E-state index in [1.54, 1.807) is 0 Å². The van der Waals surface area contributed by atoms with Crippen molar-refractivity contribution in [1.82, 2.24) is 4.31 Å². The van der Waals surface area contributed by atoms with E-state index in [0.29, 0.717) is 37.5 Å². The van der Waals surface area contributed by atoms with Crippen molar-refractivity contribution in [3.63, 3.8) is 0 Å². The lowest BCUT2D eigenvalue weighted by Gasteiger charge is -2.37. The molecule has 0 atom stereocenters. The fraction of sp³-hybridized carbons (Fsp3) is 0.533.